The van der Waals surface area contributed by atoms with Crippen molar-refractivity contribution in [1.82, 2.24) is 15.5 Å². The van der Waals surface area contributed by atoms with Crippen LogP contribution in [0.3, 0.4) is 0 Å². The molecule has 0 unspecified atom stereocenters. The first kappa shape index (κ1) is 12.9. The van der Waals surface area contributed by atoms with Gasteiger partial charge in [0.1, 0.15) is 0 Å². The molecule has 0 spiro atoms. The minimum atomic E-state index is -0.458. The summed E-state index contributed by atoms with van der Waals surface area (Å²) in [5.41, 5.74) is 5.83. The van der Waals surface area contributed by atoms with E-state index >= 15 is 0 Å². The Labute approximate surface area is 95.5 Å². The number of hydrogen-bond donors (Lipinski definition) is 3. The molecule has 1 saturated heterocycles. The van der Waals surface area contributed by atoms with Gasteiger partial charge in [0, 0.05) is 32.6 Å². The molecule has 0 aromatic heterocycles. The van der Waals surface area contributed by atoms with Crippen LogP contribution in [-0.4, -0.2) is 49.6 Å². The molecule has 0 aromatic carbocycles. The Kier molecular flexibility index (Phi) is 5.21. The fourth-order valence-corrected chi connectivity index (χ4v) is 1.81. The minimum Gasteiger partial charge on any atom is -0.341 e. The smallest absolute Gasteiger partial charge is 0.321 e. The second-order valence-corrected chi connectivity index (χ2v) is 4.08. The van der Waals surface area contributed by atoms with Crippen LogP contribution in [0.4, 0.5) is 4.79 Å². The van der Waals surface area contributed by atoms with Crippen LogP contribution in [0.25, 0.3) is 0 Å². The lowest BCUT2D eigenvalue weighted by atomic mass is 10.1. The van der Waals surface area contributed by atoms with Gasteiger partial charge in [-0.3, -0.25) is 10.1 Å². The van der Waals surface area contributed by atoms with Gasteiger partial charge in [-0.25, -0.2) is 4.79 Å². The number of likely N-dealkylation sites (tertiary alicyclic amines) is 1. The zero-order valence-corrected chi connectivity index (χ0v) is 9.66. The molecular formula is C10H20N4O2. The van der Waals surface area contributed by atoms with E-state index in [-0.39, 0.29) is 11.9 Å². The lowest BCUT2D eigenvalue weighted by Crippen LogP contribution is -2.44. The molecule has 1 heterocycles. The zero-order chi connectivity index (χ0) is 12.0. The summed E-state index contributed by atoms with van der Waals surface area (Å²) in [5.74, 6) is -0.251. The number of rotatable bonds is 3. The molecule has 92 valence electrons. The molecule has 1 atom stereocenters. The molecule has 1 fully saturated rings. The normalized spacial score (nSPS) is 21.5. The van der Waals surface area contributed by atoms with Gasteiger partial charge in [-0.05, 0) is 19.4 Å². The maximum Gasteiger partial charge on any atom is 0.321 e. The first-order valence-electron chi connectivity index (χ1n) is 5.61. The number of nitrogens with two attached hydrogens (primary N) is 1. The van der Waals surface area contributed by atoms with Gasteiger partial charge in [0.2, 0.25) is 5.91 Å². The Morgan fingerprint density at radius 2 is 2.25 bits per heavy atom. The van der Waals surface area contributed by atoms with Crippen LogP contribution in [0, 0.1) is 0 Å². The summed E-state index contributed by atoms with van der Waals surface area (Å²) in [5, 5.41) is 4.57. The van der Waals surface area contributed by atoms with Crippen LogP contribution >= 0.6 is 0 Å². The summed E-state index contributed by atoms with van der Waals surface area (Å²) in [7, 11) is 1.48. The van der Waals surface area contributed by atoms with Gasteiger partial charge < -0.3 is 16.0 Å². The predicted molar refractivity (Wildman–Crippen MR) is 60.9 cm³/mol. The van der Waals surface area contributed by atoms with Gasteiger partial charge >= 0.3 is 6.03 Å². The highest BCUT2D eigenvalue weighted by Gasteiger charge is 2.17. The van der Waals surface area contributed by atoms with E-state index < -0.39 is 6.03 Å². The van der Waals surface area contributed by atoms with Crippen LogP contribution in [0.5, 0.6) is 0 Å². The Balaban J connectivity index is 2.18. The van der Waals surface area contributed by atoms with E-state index in [4.69, 9.17) is 5.73 Å². The van der Waals surface area contributed by atoms with Crippen molar-refractivity contribution in [2.75, 3.05) is 26.7 Å². The number of urea groups is 1. The van der Waals surface area contributed by atoms with E-state index in [1.54, 1.807) is 0 Å². The topological polar surface area (TPSA) is 87.5 Å². The van der Waals surface area contributed by atoms with Crippen LogP contribution in [0.15, 0.2) is 0 Å². The summed E-state index contributed by atoms with van der Waals surface area (Å²) < 4.78 is 0. The molecule has 6 nitrogen and oxygen atoms in total. The van der Waals surface area contributed by atoms with Crippen molar-refractivity contribution in [3.05, 3.63) is 0 Å². The molecule has 16 heavy (non-hydrogen) atoms. The number of imide groups is 1. The van der Waals surface area contributed by atoms with Crippen molar-refractivity contribution in [1.29, 1.82) is 0 Å². The molecule has 1 rings (SSSR count). The molecule has 0 radical (unpaired) electrons. The lowest BCUT2D eigenvalue weighted by molar-refractivity contribution is -0.120. The van der Waals surface area contributed by atoms with Crippen LogP contribution in [0.1, 0.15) is 19.3 Å². The van der Waals surface area contributed by atoms with E-state index in [1.807, 2.05) is 0 Å². The van der Waals surface area contributed by atoms with Gasteiger partial charge in [0.15, 0.2) is 0 Å². The van der Waals surface area contributed by atoms with Crippen LogP contribution in [0.2, 0.25) is 0 Å². The average molecular weight is 228 g/mol. The summed E-state index contributed by atoms with van der Waals surface area (Å²) >= 11 is 0. The quantitative estimate of drug-likeness (QED) is 0.593. The summed E-state index contributed by atoms with van der Waals surface area (Å²) in [6.07, 6.45) is 2.47. The summed E-state index contributed by atoms with van der Waals surface area (Å²) in [6, 6.07) is -0.240. The Bertz CT molecular complexity index is 257. The maximum atomic E-state index is 11.3. The van der Waals surface area contributed by atoms with E-state index in [0.717, 1.165) is 25.9 Å². The third-order valence-corrected chi connectivity index (χ3v) is 2.68. The second-order valence-electron chi connectivity index (χ2n) is 4.08. The van der Waals surface area contributed by atoms with Crippen molar-refractivity contribution in [2.45, 2.75) is 25.3 Å². The van der Waals surface area contributed by atoms with Crippen molar-refractivity contribution in [2.24, 2.45) is 5.73 Å². The molecule has 0 aliphatic carbocycles. The number of hydrogen-bond acceptors (Lipinski definition) is 4. The van der Waals surface area contributed by atoms with Crippen molar-refractivity contribution < 1.29 is 9.59 Å². The zero-order valence-electron chi connectivity index (χ0n) is 9.66. The van der Waals surface area contributed by atoms with Gasteiger partial charge in [-0.2, -0.15) is 0 Å². The monoisotopic (exact) mass is 228 g/mol. The standard InChI is InChI=1S/C10H20N4O2/c1-12-10(16)13-9(15)4-6-14-5-2-3-8(11)7-14/h8H,2-7,11H2,1H3,(H2,12,13,15,16)/t8-/m1/s1. The molecule has 0 aromatic rings. The van der Waals surface area contributed by atoms with Gasteiger partial charge in [0.05, 0.1) is 0 Å². The predicted octanol–water partition coefficient (Wildman–Crippen LogP) is -0.745. The average Bonchev–Trinajstić information content (AvgIpc) is 2.26. The Hall–Kier alpha value is -1.14. The molecular weight excluding hydrogens is 208 g/mol. The third-order valence-electron chi connectivity index (χ3n) is 2.68. The second kappa shape index (κ2) is 6.44. The number of piperidine rings is 1. The van der Waals surface area contributed by atoms with Crippen molar-refractivity contribution in [3.8, 4) is 0 Å². The van der Waals surface area contributed by atoms with Gasteiger partial charge in [0.25, 0.3) is 0 Å². The van der Waals surface area contributed by atoms with Crippen LogP contribution < -0.4 is 16.4 Å². The lowest BCUT2D eigenvalue weighted by Gasteiger charge is -2.30. The molecule has 0 saturated carbocycles. The van der Waals surface area contributed by atoms with E-state index in [2.05, 4.69) is 15.5 Å². The highest BCUT2D eigenvalue weighted by Crippen LogP contribution is 2.08. The molecule has 0 bridgehead atoms. The number of carbonyl (C=O) groups is 2. The third kappa shape index (κ3) is 4.59. The minimum absolute atomic E-state index is 0.218. The molecule has 4 N–H and O–H groups in total. The number of carbonyl (C=O) groups excluding carboxylic acids is 2. The van der Waals surface area contributed by atoms with Crippen molar-refractivity contribution in [3.63, 3.8) is 0 Å². The molecule has 1 aliphatic heterocycles. The van der Waals surface area contributed by atoms with Gasteiger partial charge in [-0.1, -0.05) is 0 Å². The molecule has 6 heteroatoms. The fraction of sp³-hybridized carbons (Fsp3) is 0.800. The number of nitrogens with one attached hydrogen (secondary N) is 2. The Morgan fingerprint density at radius 3 is 2.88 bits per heavy atom. The fourth-order valence-electron chi connectivity index (χ4n) is 1.81. The highest BCUT2D eigenvalue weighted by molar-refractivity contribution is 5.94. The Morgan fingerprint density at radius 1 is 1.50 bits per heavy atom. The van der Waals surface area contributed by atoms with Gasteiger partial charge in [-0.15, -0.1) is 0 Å². The van der Waals surface area contributed by atoms with Crippen LogP contribution in [-0.2, 0) is 4.79 Å². The van der Waals surface area contributed by atoms with Crippen molar-refractivity contribution >= 4 is 11.9 Å². The molecule has 1 aliphatic rings. The number of amides is 3. The first-order valence-corrected chi connectivity index (χ1v) is 5.61. The largest absolute Gasteiger partial charge is 0.341 e. The summed E-state index contributed by atoms with van der Waals surface area (Å²) in [4.78, 5) is 24.3. The summed E-state index contributed by atoms with van der Waals surface area (Å²) in [6.45, 7) is 2.49. The first-order chi connectivity index (χ1) is 7.61. The highest BCUT2D eigenvalue weighted by atomic mass is 16.2. The SMILES string of the molecule is CNC(=O)NC(=O)CCN1CCC[C@@H](N)C1. The maximum absolute atomic E-state index is 11.3. The van der Waals surface area contributed by atoms with E-state index in [9.17, 15) is 9.59 Å². The number of nitrogens with zero attached hydrogens (tertiary/aromatic N) is 1. The van der Waals surface area contributed by atoms with E-state index in [1.165, 1.54) is 7.05 Å². The molecule has 3 amide bonds. The van der Waals surface area contributed by atoms with E-state index in [0.29, 0.717) is 13.0 Å².